The molecule has 0 fully saturated rings. The highest BCUT2D eigenvalue weighted by atomic mass is 32.1. The minimum absolute atomic E-state index is 0.0189. The first kappa shape index (κ1) is 11.9. The van der Waals surface area contributed by atoms with Crippen molar-refractivity contribution in [2.75, 3.05) is 0 Å². The van der Waals surface area contributed by atoms with Gasteiger partial charge in [0.1, 0.15) is 0 Å². The molecule has 0 radical (unpaired) electrons. The van der Waals surface area contributed by atoms with E-state index >= 15 is 0 Å². The van der Waals surface area contributed by atoms with E-state index in [0.29, 0.717) is 21.6 Å². The highest BCUT2D eigenvalue weighted by Gasteiger charge is 2.24. The number of allylic oxidation sites excluding steroid dienone is 2. The number of thiol groups is 1. The molecular formula is C14H12O2S. The quantitative estimate of drug-likeness (QED) is 0.492. The Bertz CT molecular complexity index is 595. The van der Waals surface area contributed by atoms with Crippen molar-refractivity contribution in [2.45, 2.75) is 18.7 Å². The van der Waals surface area contributed by atoms with Crippen molar-refractivity contribution in [3.8, 4) is 0 Å². The van der Waals surface area contributed by atoms with Crippen LogP contribution in [-0.4, -0.2) is 11.6 Å². The monoisotopic (exact) mass is 244 g/mol. The van der Waals surface area contributed by atoms with E-state index in [0.717, 1.165) is 11.1 Å². The minimum atomic E-state index is -0.210. The number of ketones is 2. The van der Waals surface area contributed by atoms with Gasteiger partial charge in [-0.15, -0.1) is 12.6 Å². The fourth-order valence-corrected chi connectivity index (χ4v) is 2.28. The molecule has 3 heteroatoms. The van der Waals surface area contributed by atoms with Crippen LogP contribution in [0.4, 0.5) is 0 Å². The molecule has 0 aliphatic heterocycles. The van der Waals surface area contributed by atoms with Gasteiger partial charge in [-0.3, -0.25) is 9.59 Å². The molecule has 1 aromatic rings. The first-order valence-corrected chi connectivity index (χ1v) is 5.68. The van der Waals surface area contributed by atoms with E-state index in [9.17, 15) is 9.59 Å². The Morgan fingerprint density at radius 3 is 2.65 bits per heavy atom. The predicted molar refractivity (Wildman–Crippen MR) is 70.9 cm³/mol. The van der Waals surface area contributed by atoms with Gasteiger partial charge in [-0.25, -0.2) is 0 Å². The summed E-state index contributed by atoms with van der Waals surface area (Å²) in [6.07, 6.45) is 3.08. The van der Waals surface area contributed by atoms with Gasteiger partial charge in [-0.05, 0) is 48.8 Å². The average molecular weight is 244 g/mol. The van der Waals surface area contributed by atoms with Crippen LogP contribution >= 0.6 is 12.6 Å². The molecule has 0 heterocycles. The van der Waals surface area contributed by atoms with Gasteiger partial charge in [0.05, 0.1) is 0 Å². The second-order valence-corrected chi connectivity index (χ2v) is 4.53. The van der Waals surface area contributed by atoms with E-state index in [4.69, 9.17) is 0 Å². The van der Waals surface area contributed by atoms with Crippen LogP contribution in [0.2, 0.25) is 0 Å². The molecule has 0 bridgehead atoms. The van der Waals surface area contributed by atoms with Gasteiger partial charge < -0.3 is 0 Å². The molecule has 1 aliphatic rings. The van der Waals surface area contributed by atoms with Crippen LogP contribution in [0.3, 0.4) is 0 Å². The zero-order valence-corrected chi connectivity index (χ0v) is 10.6. The molecule has 0 atom stereocenters. The highest BCUT2D eigenvalue weighted by molar-refractivity contribution is 7.80. The predicted octanol–water partition coefficient (Wildman–Crippen LogP) is 3.25. The minimum Gasteiger partial charge on any atom is -0.289 e. The van der Waals surface area contributed by atoms with Gasteiger partial charge in [0, 0.05) is 16.0 Å². The average Bonchev–Trinajstić information content (AvgIpc) is 2.60. The summed E-state index contributed by atoms with van der Waals surface area (Å²) in [7, 11) is 0. The van der Waals surface area contributed by atoms with Crippen molar-refractivity contribution in [3.05, 3.63) is 46.5 Å². The van der Waals surface area contributed by atoms with E-state index in [1.54, 1.807) is 13.0 Å². The van der Waals surface area contributed by atoms with Crippen LogP contribution in [0.5, 0.6) is 0 Å². The Hall–Kier alpha value is -1.61. The van der Waals surface area contributed by atoms with Crippen LogP contribution in [0.15, 0.2) is 29.2 Å². The molecule has 0 saturated heterocycles. The van der Waals surface area contributed by atoms with E-state index in [1.165, 1.54) is 6.08 Å². The summed E-state index contributed by atoms with van der Waals surface area (Å²) in [5.41, 5.74) is 3.46. The number of carbonyl (C=O) groups excluding carboxylic acids is 2. The number of hydrogen-bond donors (Lipinski definition) is 1. The van der Waals surface area contributed by atoms with Gasteiger partial charge >= 0.3 is 0 Å². The summed E-state index contributed by atoms with van der Waals surface area (Å²) in [6, 6.07) is 1.62. The molecule has 0 amide bonds. The number of hydrogen-bond acceptors (Lipinski definition) is 3. The zero-order valence-electron chi connectivity index (χ0n) is 9.70. The van der Waals surface area contributed by atoms with Crippen LogP contribution in [0, 0.1) is 6.92 Å². The van der Waals surface area contributed by atoms with Gasteiger partial charge in [0.2, 0.25) is 0 Å². The highest BCUT2D eigenvalue weighted by Crippen LogP contribution is 2.33. The topological polar surface area (TPSA) is 34.1 Å². The fraction of sp³-hybridized carbons (Fsp3) is 0.143. The summed E-state index contributed by atoms with van der Waals surface area (Å²) < 4.78 is 0. The van der Waals surface area contributed by atoms with Crippen molar-refractivity contribution < 1.29 is 9.59 Å². The molecule has 0 N–H and O–H groups in total. The molecule has 1 aromatic carbocycles. The number of fused-ring (bicyclic) bond motifs is 1. The summed E-state index contributed by atoms with van der Waals surface area (Å²) in [5.74, 6) is -0.229. The van der Waals surface area contributed by atoms with Gasteiger partial charge in [0.25, 0.3) is 0 Å². The molecule has 86 valence electrons. The van der Waals surface area contributed by atoms with Gasteiger partial charge in [-0.2, -0.15) is 0 Å². The van der Waals surface area contributed by atoms with Crippen LogP contribution in [0.25, 0.3) is 6.08 Å². The van der Waals surface area contributed by atoms with Crippen molar-refractivity contribution in [1.29, 1.82) is 0 Å². The molecule has 2 nitrogen and oxygen atoms in total. The Morgan fingerprint density at radius 2 is 2.06 bits per heavy atom. The lowest BCUT2D eigenvalue weighted by Gasteiger charge is -2.10. The normalized spacial score (nSPS) is 13.4. The second-order valence-electron chi connectivity index (χ2n) is 4.08. The first-order valence-electron chi connectivity index (χ1n) is 5.23. The van der Waals surface area contributed by atoms with Gasteiger partial charge in [0.15, 0.2) is 11.6 Å². The van der Waals surface area contributed by atoms with Crippen molar-refractivity contribution >= 4 is 30.3 Å². The first-order chi connectivity index (χ1) is 7.97. The van der Waals surface area contributed by atoms with Crippen molar-refractivity contribution in [2.24, 2.45) is 0 Å². The standard InChI is InChI=1S/C14H12O2S/c1-4-12(15)11-6-10-9(8(3)14(11)17)5-7(2)13(10)16/h4-6,17H,1H2,2-3H3. The van der Waals surface area contributed by atoms with Crippen LogP contribution in [-0.2, 0) is 0 Å². The molecule has 1 aliphatic carbocycles. The second kappa shape index (κ2) is 4.00. The van der Waals surface area contributed by atoms with E-state index in [1.807, 2.05) is 13.0 Å². The van der Waals surface area contributed by atoms with Crippen molar-refractivity contribution in [3.63, 3.8) is 0 Å². The van der Waals surface area contributed by atoms with Crippen LogP contribution < -0.4 is 0 Å². The van der Waals surface area contributed by atoms with E-state index < -0.39 is 0 Å². The third-order valence-corrected chi connectivity index (χ3v) is 3.58. The van der Waals surface area contributed by atoms with E-state index in [-0.39, 0.29) is 11.6 Å². The number of carbonyl (C=O) groups is 2. The molecule has 17 heavy (non-hydrogen) atoms. The smallest absolute Gasteiger partial charge is 0.189 e. The summed E-state index contributed by atoms with van der Waals surface area (Å²) in [6.45, 7) is 7.09. The summed E-state index contributed by atoms with van der Waals surface area (Å²) >= 11 is 4.35. The largest absolute Gasteiger partial charge is 0.289 e. The summed E-state index contributed by atoms with van der Waals surface area (Å²) in [5, 5.41) is 0. The van der Waals surface area contributed by atoms with Crippen LogP contribution in [0.1, 0.15) is 38.8 Å². The molecular weight excluding hydrogens is 232 g/mol. The lowest BCUT2D eigenvalue weighted by molar-refractivity contribution is 0.103. The molecule has 0 aromatic heterocycles. The maximum atomic E-state index is 11.9. The van der Waals surface area contributed by atoms with Crippen molar-refractivity contribution in [1.82, 2.24) is 0 Å². The Kier molecular flexibility index (Phi) is 2.79. The maximum Gasteiger partial charge on any atom is 0.189 e. The summed E-state index contributed by atoms with van der Waals surface area (Å²) in [4.78, 5) is 24.2. The van der Waals surface area contributed by atoms with E-state index in [2.05, 4.69) is 19.2 Å². The third-order valence-electron chi connectivity index (χ3n) is 3.01. The lowest BCUT2D eigenvalue weighted by Crippen LogP contribution is -2.04. The van der Waals surface area contributed by atoms with Gasteiger partial charge in [-0.1, -0.05) is 6.58 Å². The number of Topliss-reactive ketones (excluding diaryl/α,β-unsaturated/α-hetero) is 1. The SMILES string of the molecule is C=CC(=O)c1cc2c(c(C)c1S)C=C(C)C2=O. The molecule has 0 unspecified atom stereocenters. The number of rotatable bonds is 2. The molecule has 0 spiro atoms. The maximum absolute atomic E-state index is 11.9. The molecule has 0 saturated carbocycles. The Labute approximate surface area is 105 Å². The lowest BCUT2D eigenvalue weighted by atomic mass is 9.97. The zero-order chi connectivity index (χ0) is 12.7. The fourth-order valence-electron chi connectivity index (χ4n) is 1.99. The Balaban J connectivity index is 2.75. The molecule has 2 rings (SSSR count). The number of benzene rings is 1. The Morgan fingerprint density at radius 1 is 1.41 bits per heavy atom. The third kappa shape index (κ3) is 1.67.